The highest BCUT2D eigenvalue weighted by atomic mass is 19.1. The van der Waals surface area contributed by atoms with Gasteiger partial charge < -0.3 is 10.6 Å². The van der Waals surface area contributed by atoms with Gasteiger partial charge in [-0.25, -0.2) is 4.39 Å². The molecule has 2 amide bonds. The average molecular weight is 312 g/mol. The van der Waals surface area contributed by atoms with Crippen molar-refractivity contribution in [2.24, 2.45) is 0 Å². The summed E-state index contributed by atoms with van der Waals surface area (Å²) >= 11 is 0. The molecule has 118 valence electrons. The lowest BCUT2D eigenvalue weighted by molar-refractivity contribution is -0.126. The molecular formula is C18H17FN2O2. The molecule has 2 aromatic rings. The Balaban J connectivity index is 1.63. The number of carbonyl (C=O) groups excluding carboxylic acids is 2. The summed E-state index contributed by atoms with van der Waals surface area (Å²) in [6.07, 6.45) is 0.687. The maximum atomic E-state index is 13.1. The molecule has 1 atom stereocenters. The van der Waals surface area contributed by atoms with Gasteiger partial charge in [0.2, 0.25) is 11.8 Å². The molecule has 1 aliphatic heterocycles. The summed E-state index contributed by atoms with van der Waals surface area (Å²) in [5.74, 6) is -1.10. The van der Waals surface area contributed by atoms with E-state index in [0.29, 0.717) is 18.7 Å². The summed E-state index contributed by atoms with van der Waals surface area (Å²) in [4.78, 5) is 24.1. The Hall–Kier alpha value is -2.69. The van der Waals surface area contributed by atoms with Crippen LogP contribution in [0.25, 0.3) is 0 Å². The summed E-state index contributed by atoms with van der Waals surface area (Å²) in [6.45, 7) is 0.405. The molecule has 0 radical (unpaired) electrons. The van der Waals surface area contributed by atoms with Crippen molar-refractivity contribution in [2.45, 2.75) is 18.8 Å². The van der Waals surface area contributed by atoms with Gasteiger partial charge in [-0.2, -0.15) is 0 Å². The Labute approximate surface area is 133 Å². The van der Waals surface area contributed by atoms with Gasteiger partial charge in [0.05, 0.1) is 5.92 Å². The number of amides is 2. The maximum Gasteiger partial charge on any atom is 0.228 e. The van der Waals surface area contributed by atoms with Crippen LogP contribution in [-0.4, -0.2) is 18.4 Å². The van der Waals surface area contributed by atoms with Gasteiger partial charge in [-0.1, -0.05) is 30.3 Å². The van der Waals surface area contributed by atoms with Gasteiger partial charge in [0.15, 0.2) is 0 Å². The molecule has 0 fully saturated rings. The Morgan fingerprint density at radius 1 is 1.22 bits per heavy atom. The second-order valence-corrected chi connectivity index (χ2v) is 5.56. The molecule has 23 heavy (non-hydrogen) atoms. The second kappa shape index (κ2) is 6.60. The van der Waals surface area contributed by atoms with Crippen LogP contribution in [-0.2, 0) is 16.0 Å². The summed E-state index contributed by atoms with van der Waals surface area (Å²) in [7, 11) is 0. The van der Waals surface area contributed by atoms with Crippen LogP contribution in [0.1, 0.15) is 23.5 Å². The second-order valence-electron chi connectivity index (χ2n) is 5.56. The number of anilines is 1. The molecule has 2 N–H and O–H groups in total. The molecule has 1 unspecified atom stereocenters. The van der Waals surface area contributed by atoms with Crippen molar-refractivity contribution in [2.75, 3.05) is 11.9 Å². The molecule has 1 heterocycles. The molecule has 0 saturated heterocycles. The number of carbonyl (C=O) groups is 2. The number of rotatable bonds is 4. The summed E-state index contributed by atoms with van der Waals surface area (Å²) < 4.78 is 13.1. The van der Waals surface area contributed by atoms with Crippen LogP contribution in [0.4, 0.5) is 10.1 Å². The lowest BCUT2D eigenvalue weighted by Gasteiger charge is -2.24. The molecular weight excluding hydrogens is 295 g/mol. The van der Waals surface area contributed by atoms with Gasteiger partial charge in [0.1, 0.15) is 5.82 Å². The van der Waals surface area contributed by atoms with E-state index in [4.69, 9.17) is 0 Å². The molecule has 1 aliphatic rings. The molecule has 0 aliphatic carbocycles. The minimum atomic E-state index is -0.479. The van der Waals surface area contributed by atoms with Crippen LogP contribution >= 0.6 is 0 Å². The molecule has 0 aromatic heterocycles. The lowest BCUT2D eigenvalue weighted by Crippen LogP contribution is -2.35. The normalized spacial score (nSPS) is 16.4. The minimum Gasteiger partial charge on any atom is -0.355 e. The zero-order chi connectivity index (χ0) is 16.2. The van der Waals surface area contributed by atoms with Crippen molar-refractivity contribution in [3.05, 3.63) is 65.5 Å². The fourth-order valence-corrected chi connectivity index (χ4v) is 2.79. The van der Waals surface area contributed by atoms with E-state index in [1.165, 1.54) is 12.1 Å². The SMILES string of the molecule is O=C1CC(C(=O)NCCc2cccc(F)c2)c2ccccc2N1. The van der Waals surface area contributed by atoms with Crippen LogP contribution in [0.5, 0.6) is 0 Å². The van der Waals surface area contributed by atoms with Gasteiger partial charge in [0.25, 0.3) is 0 Å². The number of nitrogens with one attached hydrogen (secondary N) is 2. The zero-order valence-electron chi connectivity index (χ0n) is 12.5. The number of hydrogen-bond acceptors (Lipinski definition) is 2. The van der Waals surface area contributed by atoms with E-state index in [0.717, 1.165) is 11.1 Å². The predicted molar refractivity (Wildman–Crippen MR) is 85.5 cm³/mol. The first-order chi connectivity index (χ1) is 11.1. The van der Waals surface area contributed by atoms with Gasteiger partial charge in [-0.15, -0.1) is 0 Å². The third-order valence-electron chi connectivity index (χ3n) is 3.92. The molecule has 0 spiro atoms. The van der Waals surface area contributed by atoms with Crippen molar-refractivity contribution in [3.63, 3.8) is 0 Å². The summed E-state index contributed by atoms with van der Waals surface area (Å²) in [5, 5.41) is 5.61. The zero-order valence-corrected chi connectivity index (χ0v) is 12.5. The average Bonchev–Trinajstić information content (AvgIpc) is 2.54. The first-order valence-corrected chi connectivity index (χ1v) is 7.54. The molecule has 0 bridgehead atoms. The van der Waals surface area contributed by atoms with Crippen LogP contribution in [0.2, 0.25) is 0 Å². The van der Waals surface area contributed by atoms with E-state index >= 15 is 0 Å². The molecule has 4 nitrogen and oxygen atoms in total. The molecule has 0 saturated carbocycles. The van der Waals surface area contributed by atoms with E-state index in [-0.39, 0.29) is 24.1 Å². The minimum absolute atomic E-state index is 0.142. The van der Waals surface area contributed by atoms with E-state index < -0.39 is 5.92 Å². The number of fused-ring (bicyclic) bond motifs is 1. The summed E-state index contributed by atoms with van der Waals surface area (Å²) in [5.41, 5.74) is 2.34. The Morgan fingerprint density at radius 3 is 2.87 bits per heavy atom. The first kappa shape index (κ1) is 15.2. The smallest absolute Gasteiger partial charge is 0.228 e. The largest absolute Gasteiger partial charge is 0.355 e. The fraction of sp³-hybridized carbons (Fsp3) is 0.222. The standard InChI is InChI=1S/C18H17FN2O2/c19-13-5-3-4-12(10-13)8-9-20-18(23)15-11-17(22)21-16-7-2-1-6-14(15)16/h1-7,10,15H,8-9,11H2,(H,20,23)(H,21,22). The lowest BCUT2D eigenvalue weighted by atomic mass is 9.90. The Bertz CT molecular complexity index is 745. The highest BCUT2D eigenvalue weighted by Crippen LogP contribution is 2.31. The van der Waals surface area contributed by atoms with Crippen molar-refractivity contribution < 1.29 is 14.0 Å². The van der Waals surface area contributed by atoms with Gasteiger partial charge in [-0.3, -0.25) is 9.59 Å². The van der Waals surface area contributed by atoms with Gasteiger partial charge in [-0.05, 0) is 35.7 Å². The van der Waals surface area contributed by atoms with E-state index in [1.54, 1.807) is 12.1 Å². The molecule has 5 heteroatoms. The third kappa shape index (κ3) is 3.56. The summed E-state index contributed by atoms with van der Waals surface area (Å²) in [6, 6.07) is 13.6. The fourth-order valence-electron chi connectivity index (χ4n) is 2.79. The van der Waals surface area contributed by atoms with Crippen LogP contribution < -0.4 is 10.6 Å². The van der Waals surface area contributed by atoms with Crippen molar-refractivity contribution in [1.82, 2.24) is 5.32 Å². The Morgan fingerprint density at radius 2 is 2.04 bits per heavy atom. The first-order valence-electron chi connectivity index (χ1n) is 7.54. The van der Waals surface area contributed by atoms with E-state index in [2.05, 4.69) is 10.6 Å². The predicted octanol–water partition coefficient (Wildman–Crippen LogP) is 2.61. The highest BCUT2D eigenvalue weighted by Gasteiger charge is 2.30. The molecule has 3 rings (SSSR count). The van der Waals surface area contributed by atoms with Crippen LogP contribution in [0, 0.1) is 5.82 Å². The van der Waals surface area contributed by atoms with E-state index in [9.17, 15) is 14.0 Å². The van der Waals surface area contributed by atoms with Crippen LogP contribution in [0.15, 0.2) is 48.5 Å². The van der Waals surface area contributed by atoms with E-state index in [1.807, 2.05) is 24.3 Å². The highest BCUT2D eigenvalue weighted by molar-refractivity contribution is 6.01. The van der Waals surface area contributed by atoms with Gasteiger partial charge in [0, 0.05) is 18.7 Å². The number of benzene rings is 2. The quantitative estimate of drug-likeness (QED) is 0.912. The molecule has 2 aromatic carbocycles. The van der Waals surface area contributed by atoms with Crippen LogP contribution in [0.3, 0.4) is 0 Å². The van der Waals surface area contributed by atoms with Crippen molar-refractivity contribution in [1.29, 1.82) is 0 Å². The monoisotopic (exact) mass is 312 g/mol. The number of hydrogen-bond donors (Lipinski definition) is 2. The maximum absolute atomic E-state index is 13.1. The topological polar surface area (TPSA) is 58.2 Å². The third-order valence-corrected chi connectivity index (χ3v) is 3.92. The van der Waals surface area contributed by atoms with Crippen molar-refractivity contribution in [3.8, 4) is 0 Å². The van der Waals surface area contributed by atoms with Crippen molar-refractivity contribution >= 4 is 17.5 Å². The number of para-hydroxylation sites is 1. The number of halogens is 1. The Kier molecular flexibility index (Phi) is 4.37. The van der Waals surface area contributed by atoms with Gasteiger partial charge >= 0.3 is 0 Å².